The summed E-state index contributed by atoms with van der Waals surface area (Å²) >= 11 is 0. The largest absolute Gasteiger partial charge is 0.383 e. The second kappa shape index (κ2) is 7.11. The van der Waals surface area contributed by atoms with Gasteiger partial charge in [0.1, 0.15) is 17.5 Å². The fraction of sp³-hybridized carbons (Fsp3) is 0.429. The molecule has 3 aromatic heterocycles. The molecule has 1 fully saturated rings. The van der Waals surface area contributed by atoms with Crippen LogP contribution in [0.25, 0.3) is 28.1 Å². The van der Waals surface area contributed by atoms with Gasteiger partial charge in [-0.1, -0.05) is 30.1 Å². The quantitative estimate of drug-likeness (QED) is 0.515. The fourth-order valence-electron chi connectivity index (χ4n) is 4.42. The van der Waals surface area contributed by atoms with Gasteiger partial charge < -0.3 is 9.26 Å². The van der Waals surface area contributed by atoms with E-state index in [1.807, 2.05) is 35.6 Å². The summed E-state index contributed by atoms with van der Waals surface area (Å²) in [5.74, 6) is 1.32. The molecular formula is C21H23N5O3. The molecule has 5 rings (SSSR count). The first-order chi connectivity index (χ1) is 14.2. The normalized spacial score (nSPS) is 16.2. The summed E-state index contributed by atoms with van der Waals surface area (Å²) in [6.07, 6.45) is 6.16. The topological polar surface area (TPSA) is 87.5 Å². The number of methoxy groups -OCH3 is 1. The number of para-hydroxylation sites is 2. The van der Waals surface area contributed by atoms with Crippen LogP contribution in [-0.2, 0) is 4.74 Å². The van der Waals surface area contributed by atoms with Crippen molar-refractivity contribution in [3.63, 3.8) is 0 Å². The van der Waals surface area contributed by atoms with Gasteiger partial charge in [0, 0.05) is 13.0 Å². The summed E-state index contributed by atoms with van der Waals surface area (Å²) in [6.45, 7) is 2.40. The molecule has 0 spiro atoms. The Hall–Kier alpha value is -3.00. The van der Waals surface area contributed by atoms with Crippen LogP contribution in [0.2, 0.25) is 0 Å². The van der Waals surface area contributed by atoms with Crippen LogP contribution in [0.4, 0.5) is 0 Å². The number of aromatic nitrogens is 5. The van der Waals surface area contributed by atoms with Crippen LogP contribution in [0.5, 0.6) is 0 Å². The molecule has 1 atom stereocenters. The van der Waals surface area contributed by atoms with Crippen molar-refractivity contribution in [3.05, 3.63) is 46.8 Å². The van der Waals surface area contributed by atoms with E-state index in [2.05, 4.69) is 15.1 Å². The zero-order chi connectivity index (χ0) is 20.0. The molecule has 0 bridgehead atoms. The molecule has 8 nitrogen and oxygen atoms in total. The minimum atomic E-state index is -0.145. The summed E-state index contributed by atoms with van der Waals surface area (Å²) in [7, 11) is 1.64. The fourth-order valence-corrected chi connectivity index (χ4v) is 4.42. The summed E-state index contributed by atoms with van der Waals surface area (Å²) in [5.41, 5.74) is 2.48. The molecule has 1 aromatic carbocycles. The van der Waals surface area contributed by atoms with Crippen LogP contribution in [-0.4, -0.2) is 37.8 Å². The van der Waals surface area contributed by atoms with Gasteiger partial charge in [0.05, 0.1) is 23.7 Å². The van der Waals surface area contributed by atoms with Gasteiger partial charge in [0.25, 0.3) is 5.56 Å². The molecule has 1 unspecified atom stereocenters. The lowest BCUT2D eigenvalue weighted by Crippen LogP contribution is -2.28. The Morgan fingerprint density at radius 3 is 2.76 bits per heavy atom. The monoisotopic (exact) mass is 393 g/mol. The van der Waals surface area contributed by atoms with E-state index in [4.69, 9.17) is 9.26 Å². The Morgan fingerprint density at radius 1 is 1.24 bits per heavy atom. The van der Waals surface area contributed by atoms with Crippen LogP contribution in [0.3, 0.4) is 0 Å². The molecule has 1 saturated carbocycles. The number of ether oxygens (including phenoxy) is 1. The second-order valence-electron chi connectivity index (χ2n) is 7.72. The third-order valence-electron chi connectivity index (χ3n) is 5.80. The standard InChI is InChI=1S/C21H23N5O3/c1-13(11-28-2)26-16-10-6-5-9-15(16)25-12-22-17(18(25)21(26)27)19-23-20(29-24-19)14-7-3-4-8-14/h5-6,9-10,12-14H,3-4,7-8,11H2,1-2H3. The van der Waals surface area contributed by atoms with Gasteiger partial charge >= 0.3 is 0 Å². The third-order valence-corrected chi connectivity index (χ3v) is 5.80. The maximum Gasteiger partial charge on any atom is 0.278 e. The van der Waals surface area contributed by atoms with Gasteiger partial charge in [-0.3, -0.25) is 13.8 Å². The summed E-state index contributed by atoms with van der Waals surface area (Å²) in [4.78, 5) is 22.6. The van der Waals surface area contributed by atoms with Crippen molar-refractivity contribution < 1.29 is 9.26 Å². The van der Waals surface area contributed by atoms with Crippen LogP contribution >= 0.6 is 0 Å². The van der Waals surface area contributed by atoms with Crippen LogP contribution in [0.1, 0.15) is 50.5 Å². The van der Waals surface area contributed by atoms with Crippen molar-refractivity contribution in [1.29, 1.82) is 0 Å². The number of hydrogen-bond acceptors (Lipinski definition) is 6. The summed E-state index contributed by atoms with van der Waals surface area (Å²) in [5, 5.41) is 4.15. The third kappa shape index (κ3) is 2.86. The van der Waals surface area contributed by atoms with E-state index in [-0.39, 0.29) is 11.6 Å². The molecule has 1 aliphatic carbocycles. The molecular weight excluding hydrogens is 370 g/mol. The molecule has 29 heavy (non-hydrogen) atoms. The van der Waals surface area contributed by atoms with Crippen molar-refractivity contribution in [3.8, 4) is 11.5 Å². The Morgan fingerprint density at radius 2 is 2.00 bits per heavy atom. The van der Waals surface area contributed by atoms with Gasteiger partial charge in [0.15, 0.2) is 0 Å². The minimum Gasteiger partial charge on any atom is -0.383 e. The lowest BCUT2D eigenvalue weighted by atomic mass is 10.1. The zero-order valence-electron chi connectivity index (χ0n) is 16.5. The van der Waals surface area contributed by atoms with Crippen molar-refractivity contribution in [2.24, 2.45) is 0 Å². The number of fused-ring (bicyclic) bond motifs is 3. The van der Waals surface area contributed by atoms with E-state index in [0.717, 1.165) is 23.9 Å². The molecule has 3 heterocycles. The zero-order valence-corrected chi connectivity index (χ0v) is 16.5. The first kappa shape index (κ1) is 18.1. The van der Waals surface area contributed by atoms with Crippen molar-refractivity contribution in [2.45, 2.75) is 44.6 Å². The number of hydrogen-bond donors (Lipinski definition) is 0. The van der Waals surface area contributed by atoms with E-state index in [0.29, 0.717) is 35.5 Å². The maximum absolute atomic E-state index is 13.5. The average Bonchev–Trinajstić information content (AvgIpc) is 3.47. The summed E-state index contributed by atoms with van der Waals surface area (Å²) in [6, 6.07) is 7.65. The summed E-state index contributed by atoms with van der Waals surface area (Å²) < 4.78 is 14.4. The number of nitrogens with zero attached hydrogens (tertiary/aromatic N) is 5. The van der Waals surface area contributed by atoms with E-state index >= 15 is 0 Å². The van der Waals surface area contributed by atoms with E-state index in [9.17, 15) is 4.79 Å². The van der Waals surface area contributed by atoms with Crippen molar-refractivity contribution >= 4 is 16.6 Å². The van der Waals surface area contributed by atoms with Gasteiger partial charge in [-0.2, -0.15) is 4.98 Å². The molecule has 0 aliphatic heterocycles. The lowest BCUT2D eigenvalue weighted by molar-refractivity contribution is 0.162. The predicted molar refractivity (Wildman–Crippen MR) is 108 cm³/mol. The number of rotatable bonds is 5. The van der Waals surface area contributed by atoms with E-state index in [1.165, 1.54) is 12.8 Å². The van der Waals surface area contributed by atoms with Gasteiger partial charge in [-0.05, 0) is 31.9 Å². The lowest BCUT2D eigenvalue weighted by Gasteiger charge is -2.18. The molecule has 0 N–H and O–H groups in total. The second-order valence-corrected chi connectivity index (χ2v) is 7.72. The first-order valence-electron chi connectivity index (χ1n) is 10.0. The molecule has 1 aliphatic rings. The van der Waals surface area contributed by atoms with E-state index < -0.39 is 0 Å². The van der Waals surface area contributed by atoms with Crippen molar-refractivity contribution in [2.75, 3.05) is 13.7 Å². The maximum atomic E-state index is 13.5. The van der Waals surface area contributed by atoms with Gasteiger partial charge in [-0.15, -0.1) is 0 Å². The van der Waals surface area contributed by atoms with E-state index in [1.54, 1.807) is 18.0 Å². The Kier molecular flexibility index (Phi) is 4.43. The highest BCUT2D eigenvalue weighted by atomic mass is 16.5. The molecule has 0 amide bonds. The molecule has 4 aromatic rings. The SMILES string of the molecule is COCC(C)n1c(=O)c2c(-c3noc(C4CCCC4)n3)ncn2c2ccccc21. The molecule has 150 valence electrons. The highest BCUT2D eigenvalue weighted by Crippen LogP contribution is 2.34. The minimum absolute atomic E-state index is 0.135. The van der Waals surface area contributed by atoms with Crippen molar-refractivity contribution in [1.82, 2.24) is 24.1 Å². The molecule has 8 heteroatoms. The van der Waals surface area contributed by atoms with Gasteiger partial charge in [-0.25, -0.2) is 4.98 Å². The average molecular weight is 393 g/mol. The Balaban J connectivity index is 1.73. The highest BCUT2D eigenvalue weighted by molar-refractivity contribution is 5.83. The highest BCUT2D eigenvalue weighted by Gasteiger charge is 2.26. The molecule has 0 radical (unpaired) electrons. The van der Waals surface area contributed by atoms with Crippen LogP contribution < -0.4 is 5.56 Å². The Labute approximate surface area is 167 Å². The van der Waals surface area contributed by atoms with Crippen LogP contribution in [0, 0.1) is 0 Å². The first-order valence-corrected chi connectivity index (χ1v) is 10.0. The smallest absolute Gasteiger partial charge is 0.278 e. The molecule has 0 saturated heterocycles. The van der Waals surface area contributed by atoms with Crippen LogP contribution in [0.15, 0.2) is 39.9 Å². The predicted octanol–water partition coefficient (Wildman–Crippen LogP) is 3.56. The van der Waals surface area contributed by atoms with Gasteiger partial charge in [0.2, 0.25) is 11.7 Å². The number of imidazole rings is 1. The number of benzene rings is 1. The Bertz CT molecular complexity index is 1230.